The average molecular weight is 418 g/mol. The Bertz CT molecular complexity index is 1080. The number of benzene rings is 1. The van der Waals surface area contributed by atoms with Crippen LogP contribution in [-0.4, -0.2) is 52.9 Å². The number of ketones is 1. The van der Waals surface area contributed by atoms with E-state index < -0.39 is 0 Å². The van der Waals surface area contributed by atoms with Crippen LogP contribution in [0, 0.1) is 6.92 Å². The molecule has 0 bridgehead atoms. The van der Waals surface area contributed by atoms with Crippen LogP contribution in [-0.2, 0) is 0 Å². The predicted octanol–water partition coefficient (Wildman–Crippen LogP) is 3.97. The van der Waals surface area contributed by atoms with Crippen molar-refractivity contribution < 1.29 is 15.8 Å². The molecule has 0 spiro atoms. The smallest absolute Gasteiger partial charge is 0.410 e. The highest BCUT2D eigenvalue weighted by Crippen LogP contribution is 2.18. The van der Waals surface area contributed by atoms with Crippen LogP contribution in [0.1, 0.15) is 29.6 Å². The lowest BCUT2D eigenvalue weighted by Crippen LogP contribution is -2.37. The molecule has 1 aliphatic rings. The van der Waals surface area contributed by atoms with Crippen LogP contribution >= 0.6 is 0 Å². The molecule has 0 saturated carbocycles. The number of pyridine rings is 2. The second kappa shape index (κ2) is 9.38. The fourth-order valence-electron chi connectivity index (χ4n) is 3.57. The predicted molar refractivity (Wildman–Crippen MR) is 120 cm³/mol. The van der Waals surface area contributed by atoms with Gasteiger partial charge in [-0.05, 0) is 49.7 Å². The van der Waals surface area contributed by atoms with E-state index in [0.717, 1.165) is 18.8 Å². The van der Waals surface area contributed by atoms with Crippen LogP contribution in [0.5, 0.6) is 5.75 Å². The van der Waals surface area contributed by atoms with Gasteiger partial charge in [-0.15, -0.1) is 0 Å². The molecule has 0 aliphatic carbocycles. The summed E-state index contributed by atoms with van der Waals surface area (Å²) in [4.78, 5) is 38.0. The number of rotatable bonds is 4. The summed E-state index contributed by atoms with van der Waals surface area (Å²) < 4.78 is 5.46. The molecule has 1 saturated heterocycles. The van der Waals surface area contributed by atoms with E-state index in [2.05, 4.69) is 14.9 Å². The quantitative estimate of drug-likeness (QED) is 0.597. The summed E-state index contributed by atoms with van der Waals surface area (Å²) in [6.07, 6.45) is 2.10. The molecule has 0 N–H and O–H groups in total. The van der Waals surface area contributed by atoms with E-state index in [1.807, 2.05) is 37.3 Å². The largest absolute Gasteiger partial charge is 0.415 e. The number of hydrogen-bond acceptors (Lipinski definition) is 6. The number of carbonyl (C=O) groups is 2. The van der Waals surface area contributed by atoms with Crippen LogP contribution < -0.4 is 9.64 Å². The number of anilines is 1. The Hall–Kier alpha value is -3.74. The summed E-state index contributed by atoms with van der Waals surface area (Å²) in [5.41, 5.74) is 1.62. The molecule has 160 valence electrons. The van der Waals surface area contributed by atoms with Crippen molar-refractivity contribution in [3.63, 3.8) is 0 Å². The monoisotopic (exact) mass is 418 g/mol. The van der Waals surface area contributed by atoms with Gasteiger partial charge in [0.25, 0.3) is 0 Å². The molecule has 1 amide bonds. The van der Waals surface area contributed by atoms with E-state index >= 15 is 0 Å². The van der Waals surface area contributed by atoms with Gasteiger partial charge >= 0.3 is 6.09 Å². The van der Waals surface area contributed by atoms with E-state index in [0.29, 0.717) is 42.3 Å². The summed E-state index contributed by atoms with van der Waals surface area (Å²) in [5.74, 6) is 1.12. The highest BCUT2D eigenvalue weighted by Gasteiger charge is 2.22. The molecule has 1 aliphatic heterocycles. The number of carbonyl (C=O) groups excluding carboxylic acids is 2. The van der Waals surface area contributed by atoms with Gasteiger partial charge in [0.1, 0.15) is 17.3 Å². The van der Waals surface area contributed by atoms with Crippen molar-refractivity contribution in [2.45, 2.75) is 13.3 Å². The van der Waals surface area contributed by atoms with E-state index in [1.54, 1.807) is 41.4 Å². The third kappa shape index (κ3) is 4.88. The zero-order valence-corrected chi connectivity index (χ0v) is 17.4. The van der Waals surface area contributed by atoms with Crippen LogP contribution in [0.2, 0.25) is 0 Å². The van der Waals surface area contributed by atoms with Crippen molar-refractivity contribution in [1.29, 1.82) is 0 Å². The first kappa shape index (κ1) is 20.5. The first-order chi connectivity index (χ1) is 15.1. The van der Waals surface area contributed by atoms with Crippen LogP contribution in [0.3, 0.4) is 0 Å². The maximum Gasteiger partial charge on any atom is 0.415 e. The Morgan fingerprint density at radius 3 is 2.58 bits per heavy atom. The number of para-hydroxylation sites is 1. The van der Waals surface area contributed by atoms with Gasteiger partial charge in [-0.25, -0.2) is 9.78 Å². The number of amides is 1. The molecule has 0 radical (unpaired) electrons. The third-order valence-electron chi connectivity index (χ3n) is 5.25. The maximum absolute atomic E-state index is 12.9. The van der Waals surface area contributed by atoms with Crippen LogP contribution in [0.4, 0.5) is 10.6 Å². The molecule has 7 nitrogen and oxygen atoms in total. The van der Waals surface area contributed by atoms with Gasteiger partial charge < -0.3 is 14.5 Å². The maximum atomic E-state index is 12.9. The SMILES string of the molecule is Cc1ncccc1C(=O)c1cccc(N2CCCN(C(=O)Oc3ccccc3)CC2)n1.[HH]. The van der Waals surface area contributed by atoms with E-state index in [9.17, 15) is 9.59 Å². The standard InChI is InChI=1S/C24H24N4O3.H2/c1-18-20(10-6-13-25-18)23(29)21-11-5-12-22(26-21)27-14-7-15-28(17-16-27)24(30)31-19-8-3-2-4-9-19;/h2-6,8-13H,7,14-17H2,1H3;1H. The van der Waals surface area contributed by atoms with Crippen molar-refractivity contribution in [3.8, 4) is 5.75 Å². The van der Waals surface area contributed by atoms with Crippen LogP contribution in [0.15, 0.2) is 66.9 Å². The van der Waals surface area contributed by atoms with Crippen molar-refractivity contribution in [1.82, 2.24) is 14.9 Å². The molecule has 0 unspecified atom stereocenters. The summed E-state index contributed by atoms with van der Waals surface area (Å²) in [6.45, 7) is 4.30. The van der Waals surface area contributed by atoms with Gasteiger partial charge in [0.15, 0.2) is 0 Å². The molecule has 7 heteroatoms. The first-order valence-electron chi connectivity index (χ1n) is 10.3. The minimum Gasteiger partial charge on any atom is -0.410 e. The Balaban J connectivity index is 0.00000289. The molecule has 4 rings (SSSR count). The summed E-state index contributed by atoms with van der Waals surface area (Å²) >= 11 is 0. The average Bonchev–Trinajstić information content (AvgIpc) is 3.06. The fraction of sp³-hybridized carbons (Fsp3) is 0.250. The van der Waals surface area contributed by atoms with Gasteiger partial charge in [0.05, 0.1) is 0 Å². The minimum absolute atomic E-state index is 0. The lowest BCUT2D eigenvalue weighted by molar-refractivity contribution is 0.103. The lowest BCUT2D eigenvalue weighted by Gasteiger charge is -2.23. The third-order valence-corrected chi connectivity index (χ3v) is 5.25. The summed E-state index contributed by atoms with van der Waals surface area (Å²) in [6, 6.07) is 18.0. The molecule has 0 atom stereocenters. The topological polar surface area (TPSA) is 75.6 Å². The summed E-state index contributed by atoms with van der Waals surface area (Å²) in [7, 11) is 0. The van der Waals surface area contributed by atoms with E-state index in [-0.39, 0.29) is 13.3 Å². The van der Waals surface area contributed by atoms with Crippen molar-refractivity contribution in [3.05, 3.63) is 83.8 Å². The van der Waals surface area contributed by atoms with Gasteiger partial charge in [-0.1, -0.05) is 24.3 Å². The minimum atomic E-state index is -0.350. The lowest BCUT2D eigenvalue weighted by atomic mass is 10.1. The zero-order chi connectivity index (χ0) is 21.6. The second-order valence-electron chi connectivity index (χ2n) is 7.36. The molecule has 1 fully saturated rings. The Morgan fingerprint density at radius 1 is 0.935 bits per heavy atom. The second-order valence-corrected chi connectivity index (χ2v) is 7.36. The van der Waals surface area contributed by atoms with Crippen molar-refractivity contribution in [2.75, 3.05) is 31.1 Å². The molecular formula is C24H26N4O3. The highest BCUT2D eigenvalue weighted by molar-refractivity contribution is 6.08. The molecule has 3 aromatic rings. The highest BCUT2D eigenvalue weighted by atomic mass is 16.6. The van der Waals surface area contributed by atoms with Gasteiger partial charge in [-0.2, -0.15) is 0 Å². The van der Waals surface area contributed by atoms with Crippen molar-refractivity contribution in [2.24, 2.45) is 0 Å². The molecule has 1 aromatic carbocycles. The van der Waals surface area contributed by atoms with E-state index in [4.69, 9.17) is 4.74 Å². The molecule has 2 aromatic heterocycles. The van der Waals surface area contributed by atoms with Crippen molar-refractivity contribution >= 4 is 17.7 Å². The Labute approximate surface area is 182 Å². The number of ether oxygens (including phenoxy) is 1. The van der Waals surface area contributed by atoms with Gasteiger partial charge in [0.2, 0.25) is 5.78 Å². The summed E-state index contributed by atoms with van der Waals surface area (Å²) in [5, 5.41) is 0. The molecular weight excluding hydrogens is 392 g/mol. The van der Waals surface area contributed by atoms with Crippen LogP contribution in [0.25, 0.3) is 0 Å². The van der Waals surface area contributed by atoms with Gasteiger partial charge in [0, 0.05) is 45.1 Å². The number of aryl methyl sites for hydroxylation is 1. The van der Waals surface area contributed by atoms with Gasteiger partial charge in [-0.3, -0.25) is 9.78 Å². The number of aromatic nitrogens is 2. The normalized spacial score (nSPS) is 14.1. The zero-order valence-electron chi connectivity index (χ0n) is 17.4. The fourth-order valence-corrected chi connectivity index (χ4v) is 3.57. The number of nitrogens with zero attached hydrogens (tertiary/aromatic N) is 4. The Morgan fingerprint density at radius 2 is 1.77 bits per heavy atom. The molecule has 31 heavy (non-hydrogen) atoms. The van der Waals surface area contributed by atoms with E-state index in [1.165, 1.54) is 0 Å². The Kier molecular flexibility index (Phi) is 6.21. The first-order valence-corrected chi connectivity index (χ1v) is 10.3. The number of hydrogen-bond donors (Lipinski definition) is 0. The molecule has 3 heterocycles.